The monoisotopic (exact) mass is 403 g/mol. The molecule has 0 aliphatic rings. The lowest BCUT2D eigenvalue weighted by molar-refractivity contribution is 1.04. The van der Waals surface area contributed by atoms with Gasteiger partial charge in [-0.2, -0.15) is 5.10 Å². The standard InChI is InChI=1S/C16H14IN5/c1-11-9-16(22-21-11)20-15-10-13(17)18-14(19-15)8-7-12-5-3-2-4-6-12/h2-10H,1H3,(H2,18,19,20,21,22)/b8-7+. The Morgan fingerprint density at radius 1 is 1.05 bits per heavy atom. The molecule has 2 heterocycles. The summed E-state index contributed by atoms with van der Waals surface area (Å²) < 4.78 is 0.870. The van der Waals surface area contributed by atoms with E-state index in [0.717, 1.165) is 26.6 Å². The predicted molar refractivity (Wildman–Crippen MR) is 96.7 cm³/mol. The lowest BCUT2D eigenvalue weighted by atomic mass is 10.2. The van der Waals surface area contributed by atoms with E-state index < -0.39 is 0 Å². The van der Waals surface area contributed by atoms with Gasteiger partial charge in [0.25, 0.3) is 0 Å². The lowest BCUT2D eigenvalue weighted by Gasteiger charge is -2.03. The second kappa shape index (κ2) is 6.69. The number of aryl methyl sites for hydroxylation is 1. The summed E-state index contributed by atoms with van der Waals surface area (Å²) in [5.74, 6) is 2.12. The molecule has 0 atom stereocenters. The maximum atomic E-state index is 4.49. The Bertz CT molecular complexity index is 795. The van der Waals surface area contributed by atoms with E-state index in [-0.39, 0.29) is 0 Å². The van der Waals surface area contributed by atoms with Gasteiger partial charge in [-0.05, 0) is 41.2 Å². The molecule has 0 fully saturated rings. The van der Waals surface area contributed by atoms with Crippen LogP contribution in [0.4, 0.5) is 11.6 Å². The topological polar surface area (TPSA) is 66.5 Å². The fourth-order valence-electron chi connectivity index (χ4n) is 1.92. The third-order valence-corrected chi connectivity index (χ3v) is 3.45. The fourth-order valence-corrected chi connectivity index (χ4v) is 2.46. The molecule has 0 amide bonds. The molecule has 3 rings (SSSR count). The molecule has 5 nitrogen and oxygen atoms in total. The average Bonchev–Trinajstić information content (AvgIpc) is 2.91. The zero-order chi connectivity index (χ0) is 15.4. The van der Waals surface area contributed by atoms with Gasteiger partial charge in [-0.1, -0.05) is 36.4 Å². The first kappa shape index (κ1) is 14.7. The van der Waals surface area contributed by atoms with Crippen LogP contribution in [0.15, 0.2) is 42.5 Å². The number of rotatable bonds is 4. The maximum absolute atomic E-state index is 4.49. The van der Waals surface area contributed by atoms with E-state index in [1.54, 1.807) is 0 Å². The van der Waals surface area contributed by atoms with Gasteiger partial charge in [-0.15, -0.1) is 0 Å². The van der Waals surface area contributed by atoms with Crippen molar-refractivity contribution in [3.8, 4) is 0 Å². The number of hydrogen-bond acceptors (Lipinski definition) is 4. The van der Waals surface area contributed by atoms with Crippen LogP contribution in [0.2, 0.25) is 0 Å². The summed E-state index contributed by atoms with van der Waals surface area (Å²) in [6, 6.07) is 13.9. The predicted octanol–water partition coefficient (Wildman–Crippen LogP) is 4.03. The van der Waals surface area contributed by atoms with Crippen molar-refractivity contribution >= 4 is 46.4 Å². The molecule has 2 aromatic heterocycles. The van der Waals surface area contributed by atoms with Gasteiger partial charge in [0.2, 0.25) is 0 Å². The van der Waals surface area contributed by atoms with Crippen molar-refractivity contribution in [2.45, 2.75) is 6.92 Å². The molecule has 3 aromatic rings. The van der Waals surface area contributed by atoms with Crippen LogP contribution in [0, 0.1) is 10.6 Å². The van der Waals surface area contributed by atoms with Gasteiger partial charge in [0.1, 0.15) is 9.52 Å². The number of hydrogen-bond donors (Lipinski definition) is 2. The summed E-state index contributed by atoms with van der Waals surface area (Å²) in [7, 11) is 0. The van der Waals surface area contributed by atoms with Gasteiger partial charge >= 0.3 is 0 Å². The highest BCUT2D eigenvalue weighted by Crippen LogP contribution is 2.16. The highest BCUT2D eigenvalue weighted by Gasteiger charge is 2.03. The van der Waals surface area contributed by atoms with Crippen LogP contribution in [0.1, 0.15) is 17.1 Å². The van der Waals surface area contributed by atoms with Gasteiger partial charge in [-0.25, -0.2) is 9.97 Å². The molecule has 2 N–H and O–H groups in total. The van der Waals surface area contributed by atoms with E-state index in [1.165, 1.54) is 0 Å². The van der Waals surface area contributed by atoms with Crippen molar-refractivity contribution in [3.63, 3.8) is 0 Å². The van der Waals surface area contributed by atoms with Gasteiger partial charge < -0.3 is 5.32 Å². The Morgan fingerprint density at radius 2 is 1.86 bits per heavy atom. The van der Waals surface area contributed by atoms with E-state index >= 15 is 0 Å². The molecule has 0 bridgehead atoms. The molecule has 0 saturated carbocycles. The number of H-pyrrole nitrogens is 1. The first-order valence-electron chi connectivity index (χ1n) is 6.76. The maximum Gasteiger partial charge on any atom is 0.155 e. The summed E-state index contributed by atoms with van der Waals surface area (Å²) in [6.07, 6.45) is 3.90. The van der Waals surface area contributed by atoms with Crippen molar-refractivity contribution in [1.29, 1.82) is 0 Å². The molecule has 0 radical (unpaired) electrons. The molecule has 1 aromatic carbocycles. The van der Waals surface area contributed by atoms with Crippen LogP contribution in [0.3, 0.4) is 0 Å². The molecule has 110 valence electrons. The van der Waals surface area contributed by atoms with E-state index in [0.29, 0.717) is 5.82 Å². The summed E-state index contributed by atoms with van der Waals surface area (Å²) in [5, 5.41) is 10.2. The average molecular weight is 403 g/mol. The summed E-state index contributed by atoms with van der Waals surface area (Å²) in [4.78, 5) is 8.90. The van der Waals surface area contributed by atoms with Gasteiger partial charge in [0, 0.05) is 17.8 Å². The normalized spacial score (nSPS) is 11.0. The summed E-state index contributed by atoms with van der Waals surface area (Å²) in [5.41, 5.74) is 2.11. The van der Waals surface area contributed by atoms with Gasteiger partial charge in [0.05, 0.1) is 0 Å². The molecule has 22 heavy (non-hydrogen) atoms. The van der Waals surface area contributed by atoms with Crippen molar-refractivity contribution in [2.75, 3.05) is 5.32 Å². The number of anilines is 2. The fraction of sp³-hybridized carbons (Fsp3) is 0.0625. The zero-order valence-corrected chi connectivity index (χ0v) is 14.1. The molecule has 0 spiro atoms. The van der Waals surface area contributed by atoms with E-state index in [9.17, 15) is 0 Å². The Kier molecular flexibility index (Phi) is 4.47. The zero-order valence-electron chi connectivity index (χ0n) is 11.9. The molecule has 0 unspecified atom stereocenters. The van der Waals surface area contributed by atoms with Crippen LogP contribution in [0.25, 0.3) is 12.2 Å². The van der Waals surface area contributed by atoms with E-state index in [4.69, 9.17) is 0 Å². The quantitative estimate of drug-likeness (QED) is 0.510. The minimum atomic E-state index is 0.658. The van der Waals surface area contributed by atoms with Crippen molar-refractivity contribution in [1.82, 2.24) is 20.2 Å². The number of aromatic amines is 1. The Balaban J connectivity index is 1.82. The second-order valence-corrected chi connectivity index (χ2v) is 5.84. The van der Waals surface area contributed by atoms with Crippen molar-refractivity contribution in [3.05, 3.63) is 63.2 Å². The molecule has 0 aliphatic heterocycles. The summed E-state index contributed by atoms with van der Waals surface area (Å²) >= 11 is 2.18. The van der Waals surface area contributed by atoms with E-state index in [1.807, 2.05) is 61.5 Å². The second-order valence-electron chi connectivity index (χ2n) is 4.74. The van der Waals surface area contributed by atoms with Crippen LogP contribution in [0.5, 0.6) is 0 Å². The Hall–Kier alpha value is -2.22. The van der Waals surface area contributed by atoms with Crippen LogP contribution in [-0.4, -0.2) is 20.2 Å². The number of benzene rings is 1. The largest absolute Gasteiger partial charge is 0.323 e. The number of aromatic nitrogens is 4. The minimum Gasteiger partial charge on any atom is -0.323 e. The Labute approximate surface area is 142 Å². The van der Waals surface area contributed by atoms with Crippen LogP contribution >= 0.6 is 22.6 Å². The first-order chi connectivity index (χ1) is 10.7. The van der Waals surface area contributed by atoms with Crippen molar-refractivity contribution < 1.29 is 0 Å². The lowest BCUT2D eigenvalue weighted by Crippen LogP contribution is -1.99. The molecular formula is C16H14IN5. The molecule has 0 saturated heterocycles. The number of nitrogens with one attached hydrogen (secondary N) is 2. The van der Waals surface area contributed by atoms with Gasteiger partial charge in [-0.3, -0.25) is 5.10 Å². The third-order valence-electron chi connectivity index (χ3n) is 2.90. The SMILES string of the molecule is Cc1cc(Nc2cc(I)nc(/C=C/c3ccccc3)n2)n[nH]1. The number of halogens is 1. The third kappa shape index (κ3) is 3.91. The summed E-state index contributed by atoms with van der Waals surface area (Å²) in [6.45, 7) is 1.95. The smallest absolute Gasteiger partial charge is 0.155 e. The number of nitrogens with zero attached hydrogens (tertiary/aromatic N) is 3. The molecule has 6 heteroatoms. The first-order valence-corrected chi connectivity index (χ1v) is 7.84. The highest BCUT2D eigenvalue weighted by atomic mass is 127. The molecule has 0 aliphatic carbocycles. The van der Waals surface area contributed by atoms with Crippen LogP contribution in [-0.2, 0) is 0 Å². The van der Waals surface area contributed by atoms with Gasteiger partial charge in [0.15, 0.2) is 11.6 Å². The minimum absolute atomic E-state index is 0.658. The molecular weight excluding hydrogens is 389 g/mol. The van der Waals surface area contributed by atoms with Crippen molar-refractivity contribution in [2.24, 2.45) is 0 Å². The van der Waals surface area contributed by atoms with Crippen LogP contribution < -0.4 is 5.32 Å². The van der Waals surface area contributed by atoms with E-state index in [2.05, 4.69) is 48.1 Å². The highest BCUT2D eigenvalue weighted by molar-refractivity contribution is 14.1. The Morgan fingerprint density at radius 3 is 2.59 bits per heavy atom.